The molecular formula is C16H20FNO3. The number of amides is 1. The minimum Gasteiger partial charge on any atom is -0.467 e. The fourth-order valence-corrected chi connectivity index (χ4v) is 2.82. The lowest BCUT2D eigenvalue weighted by atomic mass is 9.83. The maximum Gasteiger partial charge on any atom is 0.328 e. The van der Waals surface area contributed by atoms with Crippen molar-refractivity contribution in [2.24, 2.45) is 5.92 Å². The van der Waals surface area contributed by atoms with Gasteiger partial charge in [-0.1, -0.05) is 25.3 Å². The Morgan fingerprint density at radius 3 is 2.62 bits per heavy atom. The summed E-state index contributed by atoms with van der Waals surface area (Å²) in [5, 5.41) is 2.70. The van der Waals surface area contributed by atoms with E-state index >= 15 is 0 Å². The first-order valence-corrected chi connectivity index (χ1v) is 7.26. The van der Waals surface area contributed by atoms with Crippen molar-refractivity contribution in [3.8, 4) is 0 Å². The molecule has 0 radical (unpaired) electrons. The van der Waals surface area contributed by atoms with Crippen molar-refractivity contribution in [2.45, 2.75) is 38.1 Å². The number of carbonyl (C=O) groups excluding carboxylic acids is 2. The van der Waals surface area contributed by atoms with Crippen LogP contribution in [0.3, 0.4) is 0 Å². The van der Waals surface area contributed by atoms with Crippen LogP contribution in [0.15, 0.2) is 24.3 Å². The SMILES string of the molecule is COC(=O)[C@@H](NC(=O)c1cccc(F)c1)C1CCCCC1. The number of benzene rings is 1. The smallest absolute Gasteiger partial charge is 0.328 e. The monoisotopic (exact) mass is 293 g/mol. The van der Waals surface area contributed by atoms with Gasteiger partial charge in [-0.2, -0.15) is 0 Å². The van der Waals surface area contributed by atoms with Gasteiger partial charge in [0.1, 0.15) is 11.9 Å². The molecule has 114 valence electrons. The van der Waals surface area contributed by atoms with E-state index in [2.05, 4.69) is 5.32 Å². The summed E-state index contributed by atoms with van der Waals surface area (Å²) in [5.41, 5.74) is 0.208. The first-order chi connectivity index (χ1) is 10.1. The fourth-order valence-electron chi connectivity index (χ4n) is 2.82. The van der Waals surface area contributed by atoms with Crippen LogP contribution in [0.25, 0.3) is 0 Å². The van der Waals surface area contributed by atoms with E-state index in [1.807, 2.05) is 0 Å². The molecule has 1 amide bonds. The van der Waals surface area contributed by atoms with E-state index in [1.165, 1.54) is 25.3 Å². The highest BCUT2D eigenvalue weighted by molar-refractivity contribution is 5.96. The first kappa shape index (κ1) is 15.5. The summed E-state index contributed by atoms with van der Waals surface area (Å²) in [6.45, 7) is 0. The maximum atomic E-state index is 13.2. The number of nitrogens with one attached hydrogen (secondary N) is 1. The predicted molar refractivity (Wildman–Crippen MR) is 76.2 cm³/mol. The topological polar surface area (TPSA) is 55.4 Å². The molecule has 0 spiro atoms. The van der Waals surface area contributed by atoms with Crippen molar-refractivity contribution in [1.82, 2.24) is 5.32 Å². The molecule has 0 aliphatic heterocycles. The second kappa shape index (κ2) is 7.20. The maximum absolute atomic E-state index is 13.2. The quantitative estimate of drug-likeness (QED) is 0.868. The summed E-state index contributed by atoms with van der Waals surface area (Å²) in [7, 11) is 1.31. The van der Waals surface area contributed by atoms with Crippen LogP contribution in [-0.4, -0.2) is 25.0 Å². The summed E-state index contributed by atoms with van der Waals surface area (Å²) in [6.07, 6.45) is 5.04. The lowest BCUT2D eigenvalue weighted by Crippen LogP contribution is -2.47. The normalized spacial score (nSPS) is 17.0. The summed E-state index contributed by atoms with van der Waals surface area (Å²) in [6, 6.07) is 4.76. The Morgan fingerprint density at radius 2 is 2.00 bits per heavy atom. The number of methoxy groups -OCH3 is 1. The molecular weight excluding hydrogens is 273 g/mol. The van der Waals surface area contributed by atoms with Gasteiger partial charge in [0, 0.05) is 5.56 Å². The van der Waals surface area contributed by atoms with Crippen LogP contribution >= 0.6 is 0 Å². The Bertz CT molecular complexity index is 512. The molecule has 1 aromatic rings. The molecule has 0 aromatic heterocycles. The zero-order valence-electron chi connectivity index (χ0n) is 12.1. The van der Waals surface area contributed by atoms with Gasteiger partial charge in [-0.25, -0.2) is 9.18 Å². The number of hydrogen-bond donors (Lipinski definition) is 1. The van der Waals surface area contributed by atoms with Gasteiger partial charge in [0.2, 0.25) is 0 Å². The average molecular weight is 293 g/mol. The number of esters is 1. The molecule has 5 heteroatoms. The highest BCUT2D eigenvalue weighted by atomic mass is 19.1. The van der Waals surface area contributed by atoms with Gasteiger partial charge >= 0.3 is 5.97 Å². The molecule has 1 saturated carbocycles. The van der Waals surface area contributed by atoms with Crippen molar-refractivity contribution in [2.75, 3.05) is 7.11 Å². The highest BCUT2D eigenvalue weighted by Gasteiger charge is 2.31. The van der Waals surface area contributed by atoms with Gasteiger partial charge in [-0.05, 0) is 37.0 Å². The third-order valence-corrected chi connectivity index (χ3v) is 3.95. The van der Waals surface area contributed by atoms with Crippen LogP contribution in [-0.2, 0) is 9.53 Å². The zero-order chi connectivity index (χ0) is 15.2. The largest absolute Gasteiger partial charge is 0.467 e. The minimum absolute atomic E-state index is 0.0868. The molecule has 1 aliphatic carbocycles. The lowest BCUT2D eigenvalue weighted by molar-refractivity contribution is -0.144. The van der Waals surface area contributed by atoms with E-state index in [9.17, 15) is 14.0 Å². The van der Waals surface area contributed by atoms with Gasteiger partial charge in [-0.15, -0.1) is 0 Å². The van der Waals surface area contributed by atoms with Crippen LogP contribution in [0.2, 0.25) is 0 Å². The van der Waals surface area contributed by atoms with Crippen LogP contribution in [0, 0.1) is 11.7 Å². The van der Waals surface area contributed by atoms with Crippen LogP contribution in [0.1, 0.15) is 42.5 Å². The average Bonchev–Trinajstić information content (AvgIpc) is 2.52. The fraction of sp³-hybridized carbons (Fsp3) is 0.500. The van der Waals surface area contributed by atoms with E-state index in [-0.39, 0.29) is 11.5 Å². The number of halogens is 1. The molecule has 0 saturated heterocycles. The second-order valence-corrected chi connectivity index (χ2v) is 5.38. The first-order valence-electron chi connectivity index (χ1n) is 7.26. The van der Waals surface area contributed by atoms with Crippen molar-refractivity contribution in [3.05, 3.63) is 35.6 Å². The van der Waals surface area contributed by atoms with Crippen LogP contribution < -0.4 is 5.32 Å². The Morgan fingerprint density at radius 1 is 1.29 bits per heavy atom. The van der Waals surface area contributed by atoms with Crippen molar-refractivity contribution >= 4 is 11.9 Å². The third-order valence-electron chi connectivity index (χ3n) is 3.95. The molecule has 1 fully saturated rings. The molecule has 1 aliphatic rings. The molecule has 1 N–H and O–H groups in total. The number of hydrogen-bond acceptors (Lipinski definition) is 3. The molecule has 0 unspecified atom stereocenters. The summed E-state index contributed by atoms with van der Waals surface area (Å²) < 4.78 is 18.0. The summed E-state index contributed by atoms with van der Waals surface area (Å²) >= 11 is 0. The molecule has 0 bridgehead atoms. The minimum atomic E-state index is -0.661. The zero-order valence-corrected chi connectivity index (χ0v) is 12.1. The van der Waals surface area contributed by atoms with Crippen LogP contribution in [0.4, 0.5) is 4.39 Å². The van der Waals surface area contributed by atoms with E-state index in [1.54, 1.807) is 0 Å². The van der Waals surface area contributed by atoms with Gasteiger partial charge in [0.15, 0.2) is 0 Å². The Hall–Kier alpha value is -1.91. The standard InChI is InChI=1S/C16H20FNO3/c1-21-16(20)14(11-6-3-2-4-7-11)18-15(19)12-8-5-9-13(17)10-12/h5,8-11,14H,2-4,6-7H2,1H3,(H,18,19)/t14-/m0/s1. The number of carbonyl (C=O) groups is 2. The van der Waals surface area contributed by atoms with E-state index in [4.69, 9.17) is 4.74 Å². The lowest BCUT2D eigenvalue weighted by Gasteiger charge is -2.29. The Kier molecular flexibility index (Phi) is 5.31. The molecule has 21 heavy (non-hydrogen) atoms. The van der Waals surface area contributed by atoms with Crippen molar-refractivity contribution in [3.63, 3.8) is 0 Å². The van der Waals surface area contributed by atoms with Gasteiger partial charge in [-0.3, -0.25) is 4.79 Å². The molecule has 1 atom stereocenters. The third kappa shape index (κ3) is 4.03. The number of ether oxygens (including phenoxy) is 1. The Balaban J connectivity index is 2.10. The summed E-state index contributed by atoms with van der Waals surface area (Å²) in [5.74, 6) is -1.28. The van der Waals surface area contributed by atoms with E-state index in [0.29, 0.717) is 0 Å². The van der Waals surface area contributed by atoms with Gasteiger partial charge in [0.05, 0.1) is 7.11 Å². The van der Waals surface area contributed by atoms with Crippen LogP contribution in [0.5, 0.6) is 0 Å². The number of rotatable bonds is 4. The van der Waals surface area contributed by atoms with Crippen molar-refractivity contribution < 1.29 is 18.7 Å². The van der Waals surface area contributed by atoms with E-state index in [0.717, 1.165) is 38.2 Å². The van der Waals surface area contributed by atoms with Crippen molar-refractivity contribution in [1.29, 1.82) is 0 Å². The van der Waals surface area contributed by atoms with Gasteiger partial charge < -0.3 is 10.1 Å². The molecule has 1 aromatic carbocycles. The molecule has 4 nitrogen and oxygen atoms in total. The molecule has 0 heterocycles. The highest BCUT2D eigenvalue weighted by Crippen LogP contribution is 2.27. The predicted octanol–water partition coefficient (Wildman–Crippen LogP) is 2.68. The molecule has 2 rings (SSSR count). The second-order valence-electron chi connectivity index (χ2n) is 5.38. The Labute approximate surface area is 123 Å². The van der Waals surface area contributed by atoms with E-state index < -0.39 is 23.7 Å². The summed E-state index contributed by atoms with van der Waals surface area (Å²) in [4.78, 5) is 24.1. The van der Waals surface area contributed by atoms with Gasteiger partial charge in [0.25, 0.3) is 5.91 Å².